The van der Waals surface area contributed by atoms with E-state index in [9.17, 15) is 9.59 Å². The van der Waals surface area contributed by atoms with Crippen molar-refractivity contribution in [2.75, 3.05) is 5.32 Å². The van der Waals surface area contributed by atoms with Gasteiger partial charge in [-0.3, -0.25) is 14.2 Å². The Morgan fingerprint density at radius 2 is 2.07 bits per heavy atom. The fourth-order valence-corrected chi connectivity index (χ4v) is 5.25. The quantitative estimate of drug-likeness (QED) is 0.244. The lowest BCUT2D eigenvalue weighted by atomic mass is 10.2. The molecule has 152 valence electrons. The summed E-state index contributed by atoms with van der Waals surface area (Å²) in [6, 6.07) is 11.6. The van der Waals surface area contributed by atoms with E-state index >= 15 is 0 Å². The van der Waals surface area contributed by atoms with Crippen LogP contribution >= 0.6 is 34.4 Å². The molecule has 0 spiro atoms. The molecule has 1 N–H and O–H groups in total. The van der Waals surface area contributed by atoms with Crippen molar-refractivity contribution in [3.8, 4) is 11.3 Å². The minimum Gasteiger partial charge on any atom is -0.301 e. The summed E-state index contributed by atoms with van der Waals surface area (Å²) in [4.78, 5) is 35.2. The second kappa shape index (κ2) is 8.95. The first-order chi connectivity index (χ1) is 14.6. The number of amides is 1. The zero-order valence-electron chi connectivity index (χ0n) is 16.1. The minimum absolute atomic E-state index is 0.122. The number of fused-ring (bicyclic) bond motifs is 1. The molecule has 0 saturated carbocycles. The van der Waals surface area contributed by atoms with Crippen LogP contribution in [-0.2, 0) is 11.3 Å². The van der Waals surface area contributed by atoms with Crippen molar-refractivity contribution in [1.82, 2.24) is 14.5 Å². The fourth-order valence-electron chi connectivity index (χ4n) is 2.80. The maximum Gasteiger partial charge on any atom is 0.263 e. The molecule has 0 aliphatic heterocycles. The number of thiazole rings is 1. The third-order valence-electron chi connectivity index (χ3n) is 4.32. The molecular weight excluding hydrogens is 436 g/mol. The van der Waals surface area contributed by atoms with Gasteiger partial charge in [0.2, 0.25) is 5.91 Å². The maximum absolute atomic E-state index is 12.7. The van der Waals surface area contributed by atoms with Crippen molar-refractivity contribution in [3.05, 3.63) is 70.2 Å². The van der Waals surface area contributed by atoms with E-state index in [2.05, 4.69) is 21.9 Å². The minimum atomic E-state index is -0.463. The van der Waals surface area contributed by atoms with Gasteiger partial charge in [0.1, 0.15) is 4.83 Å². The number of rotatable bonds is 7. The van der Waals surface area contributed by atoms with Gasteiger partial charge < -0.3 is 5.32 Å². The molecule has 0 aliphatic carbocycles. The summed E-state index contributed by atoms with van der Waals surface area (Å²) in [7, 11) is 0. The number of nitrogens with one attached hydrogen (secondary N) is 1. The summed E-state index contributed by atoms with van der Waals surface area (Å²) in [5.41, 5.74) is 1.70. The van der Waals surface area contributed by atoms with Gasteiger partial charge in [-0.2, -0.15) is 0 Å². The second-order valence-electron chi connectivity index (χ2n) is 6.39. The van der Waals surface area contributed by atoms with E-state index in [0.29, 0.717) is 27.0 Å². The van der Waals surface area contributed by atoms with Gasteiger partial charge in [-0.15, -0.1) is 29.3 Å². The number of anilines is 1. The molecule has 6 nitrogen and oxygen atoms in total. The Morgan fingerprint density at radius 1 is 1.27 bits per heavy atom. The van der Waals surface area contributed by atoms with Crippen LogP contribution in [0, 0.1) is 0 Å². The normalized spacial score (nSPS) is 12.0. The highest BCUT2D eigenvalue weighted by Crippen LogP contribution is 2.27. The smallest absolute Gasteiger partial charge is 0.263 e. The lowest BCUT2D eigenvalue weighted by Gasteiger charge is -2.14. The van der Waals surface area contributed by atoms with Crippen molar-refractivity contribution in [2.24, 2.45) is 0 Å². The number of allylic oxidation sites excluding steroid dienone is 1. The fraction of sp³-hybridized carbons (Fsp3) is 0.143. The predicted octanol–water partition coefficient (Wildman–Crippen LogP) is 4.89. The van der Waals surface area contributed by atoms with E-state index in [1.807, 2.05) is 41.1 Å². The summed E-state index contributed by atoms with van der Waals surface area (Å²) in [6.07, 6.45) is 1.65. The van der Waals surface area contributed by atoms with Crippen LogP contribution in [0.5, 0.6) is 0 Å². The van der Waals surface area contributed by atoms with Gasteiger partial charge in [0.05, 0.1) is 16.3 Å². The Morgan fingerprint density at radius 3 is 2.83 bits per heavy atom. The number of nitrogens with zero attached hydrogens (tertiary/aromatic N) is 3. The van der Waals surface area contributed by atoms with Crippen molar-refractivity contribution in [3.63, 3.8) is 0 Å². The standard InChI is InChI=1S/C21H18N4O2S3/c1-3-10-25-19(27)15-9-11-28-18(15)24-21(25)30-13(2)17(26)23-20-22-16(12-29-20)14-7-5-4-6-8-14/h3-9,11-13H,1,10H2,2H3,(H,22,23,26). The van der Waals surface area contributed by atoms with Crippen LogP contribution < -0.4 is 10.9 Å². The van der Waals surface area contributed by atoms with E-state index in [-0.39, 0.29) is 11.5 Å². The molecule has 4 aromatic rings. The number of carbonyl (C=O) groups excluding carboxylic acids is 1. The van der Waals surface area contributed by atoms with Gasteiger partial charge >= 0.3 is 0 Å². The van der Waals surface area contributed by atoms with Gasteiger partial charge in [-0.05, 0) is 18.4 Å². The molecular formula is C21H18N4O2S3. The third-order valence-corrected chi connectivity index (χ3v) is 6.97. The van der Waals surface area contributed by atoms with E-state index in [0.717, 1.165) is 11.3 Å². The summed E-state index contributed by atoms with van der Waals surface area (Å²) in [5.74, 6) is -0.195. The largest absolute Gasteiger partial charge is 0.301 e. The zero-order valence-corrected chi connectivity index (χ0v) is 18.5. The van der Waals surface area contributed by atoms with Crippen LogP contribution in [0.2, 0.25) is 0 Å². The first-order valence-electron chi connectivity index (χ1n) is 9.14. The molecule has 3 heterocycles. The predicted molar refractivity (Wildman–Crippen MR) is 126 cm³/mol. The molecule has 0 radical (unpaired) electrons. The molecule has 0 fully saturated rings. The summed E-state index contributed by atoms with van der Waals surface area (Å²) in [6.45, 7) is 5.84. The molecule has 0 aliphatic rings. The highest BCUT2D eigenvalue weighted by atomic mass is 32.2. The number of carbonyl (C=O) groups is 1. The van der Waals surface area contributed by atoms with Gasteiger partial charge in [0, 0.05) is 17.5 Å². The van der Waals surface area contributed by atoms with Crippen LogP contribution in [0.15, 0.2) is 69.8 Å². The number of thioether (sulfide) groups is 1. The number of thiophene rings is 1. The average molecular weight is 455 g/mol. The Labute approximate surface area is 185 Å². The van der Waals surface area contributed by atoms with E-state index in [1.54, 1.807) is 23.6 Å². The molecule has 1 aromatic carbocycles. The molecule has 3 aromatic heterocycles. The number of benzene rings is 1. The van der Waals surface area contributed by atoms with Crippen molar-refractivity contribution in [2.45, 2.75) is 23.9 Å². The van der Waals surface area contributed by atoms with Gasteiger partial charge in [0.15, 0.2) is 10.3 Å². The number of hydrogen-bond acceptors (Lipinski definition) is 7. The monoisotopic (exact) mass is 454 g/mol. The van der Waals surface area contributed by atoms with Crippen molar-refractivity contribution >= 4 is 55.7 Å². The zero-order chi connectivity index (χ0) is 21.1. The highest BCUT2D eigenvalue weighted by Gasteiger charge is 2.20. The van der Waals surface area contributed by atoms with Crippen molar-refractivity contribution in [1.29, 1.82) is 0 Å². The molecule has 1 unspecified atom stereocenters. The van der Waals surface area contributed by atoms with Gasteiger partial charge in [0.25, 0.3) is 5.56 Å². The Kier molecular flexibility index (Phi) is 6.12. The lowest BCUT2D eigenvalue weighted by Crippen LogP contribution is -2.26. The molecule has 1 amide bonds. The van der Waals surface area contributed by atoms with Crippen LogP contribution in [0.4, 0.5) is 5.13 Å². The Balaban J connectivity index is 1.51. The SMILES string of the molecule is C=CCn1c(SC(C)C(=O)Nc2nc(-c3ccccc3)cs2)nc2sccc2c1=O. The summed E-state index contributed by atoms with van der Waals surface area (Å²) in [5, 5.41) is 7.78. The first-order valence-corrected chi connectivity index (χ1v) is 11.8. The van der Waals surface area contributed by atoms with Crippen LogP contribution in [0.1, 0.15) is 6.92 Å². The summed E-state index contributed by atoms with van der Waals surface area (Å²) >= 11 is 4.04. The Hall–Kier alpha value is -2.75. The molecule has 0 saturated heterocycles. The molecule has 0 bridgehead atoms. The van der Waals surface area contributed by atoms with Gasteiger partial charge in [-0.1, -0.05) is 48.2 Å². The van der Waals surface area contributed by atoms with E-state index < -0.39 is 5.25 Å². The van der Waals surface area contributed by atoms with Crippen LogP contribution in [0.25, 0.3) is 21.5 Å². The van der Waals surface area contributed by atoms with E-state index in [1.165, 1.54) is 34.4 Å². The first kappa shape index (κ1) is 20.5. The van der Waals surface area contributed by atoms with Crippen molar-refractivity contribution < 1.29 is 4.79 Å². The maximum atomic E-state index is 12.7. The number of aromatic nitrogens is 3. The van der Waals surface area contributed by atoms with E-state index in [4.69, 9.17) is 0 Å². The summed E-state index contributed by atoms with van der Waals surface area (Å²) < 4.78 is 1.55. The second-order valence-corrected chi connectivity index (χ2v) is 9.45. The third kappa shape index (κ3) is 4.23. The topological polar surface area (TPSA) is 76.9 Å². The molecule has 1 atom stereocenters. The van der Waals surface area contributed by atoms with Crippen LogP contribution in [-0.4, -0.2) is 25.7 Å². The van der Waals surface area contributed by atoms with Gasteiger partial charge in [-0.25, -0.2) is 9.97 Å². The molecule has 30 heavy (non-hydrogen) atoms. The van der Waals surface area contributed by atoms with Crippen LogP contribution in [0.3, 0.4) is 0 Å². The number of hydrogen-bond donors (Lipinski definition) is 1. The molecule has 4 rings (SSSR count). The Bertz CT molecular complexity index is 1260. The molecule has 9 heteroatoms. The highest BCUT2D eigenvalue weighted by molar-refractivity contribution is 8.00. The average Bonchev–Trinajstić information content (AvgIpc) is 3.41. The lowest BCUT2D eigenvalue weighted by molar-refractivity contribution is -0.115.